The van der Waals surface area contributed by atoms with Crippen LogP contribution in [-0.4, -0.2) is 23.5 Å². The summed E-state index contributed by atoms with van der Waals surface area (Å²) in [5, 5.41) is 11.7. The van der Waals surface area contributed by atoms with Gasteiger partial charge in [0.15, 0.2) is 0 Å². The molecule has 0 aliphatic rings. The molecule has 0 fully saturated rings. The first-order valence-electron chi connectivity index (χ1n) is 7.57. The molecule has 0 saturated carbocycles. The third-order valence-electron chi connectivity index (χ3n) is 4.05. The molecule has 1 rings (SSSR count). The number of para-hydroxylation sites is 1. The normalized spacial score (nSPS) is 14.3. The van der Waals surface area contributed by atoms with E-state index in [0.29, 0.717) is 5.30 Å². The Morgan fingerprint density at radius 2 is 1.38 bits per heavy atom. The van der Waals surface area contributed by atoms with Gasteiger partial charge in [-0.1, -0.05) is 73.3 Å². The molecule has 4 heteroatoms. The van der Waals surface area contributed by atoms with Gasteiger partial charge in [0.2, 0.25) is 0 Å². The summed E-state index contributed by atoms with van der Waals surface area (Å²) in [4.78, 5) is 0. The molecule has 0 spiro atoms. The second kappa shape index (κ2) is 5.28. The summed E-state index contributed by atoms with van der Waals surface area (Å²) in [6, 6.07) is 5.80. The highest BCUT2D eigenvalue weighted by molar-refractivity contribution is 7.74. The van der Waals surface area contributed by atoms with E-state index in [0.717, 1.165) is 5.19 Å². The lowest BCUT2D eigenvalue weighted by atomic mass is 10.2. The van der Waals surface area contributed by atoms with E-state index in [4.69, 9.17) is 0 Å². The molecule has 2 nitrogen and oxygen atoms in total. The van der Waals surface area contributed by atoms with Crippen molar-refractivity contribution in [2.75, 3.05) is 0 Å². The smallest absolute Gasteiger partial charge is 0.129 e. The summed E-state index contributed by atoms with van der Waals surface area (Å²) in [5.41, 5.74) is 0. The molecule has 1 aromatic rings. The first-order valence-corrected chi connectivity index (χ1v) is 12.8. The van der Waals surface area contributed by atoms with Crippen LogP contribution in [0.4, 0.5) is 0 Å². The van der Waals surface area contributed by atoms with Gasteiger partial charge >= 0.3 is 0 Å². The largest absolute Gasteiger partial charge is 0.507 e. The van der Waals surface area contributed by atoms with Gasteiger partial charge in [-0.15, -0.1) is 0 Å². The van der Waals surface area contributed by atoms with Gasteiger partial charge in [0.25, 0.3) is 0 Å². The van der Waals surface area contributed by atoms with Crippen LogP contribution >= 0.6 is 7.14 Å². The lowest BCUT2D eigenvalue weighted by Gasteiger charge is -2.42. The minimum absolute atomic E-state index is 0.268. The Labute approximate surface area is 131 Å². The average Bonchev–Trinajstić information content (AvgIpc) is 2.23. The molecule has 0 unspecified atom stereocenters. The van der Waals surface area contributed by atoms with Crippen LogP contribution in [0, 0.1) is 0 Å². The average molecular weight is 326 g/mol. The van der Waals surface area contributed by atoms with Crippen LogP contribution < -0.4 is 10.5 Å². The Morgan fingerprint density at radius 3 is 1.71 bits per heavy atom. The molecular weight excluding hydrogens is 295 g/mol. The van der Waals surface area contributed by atoms with Gasteiger partial charge in [0.05, 0.1) is 13.4 Å². The molecule has 0 aliphatic carbocycles. The van der Waals surface area contributed by atoms with E-state index < -0.39 is 15.2 Å². The monoisotopic (exact) mass is 326 g/mol. The molecule has 1 aromatic carbocycles. The highest BCUT2D eigenvalue weighted by atomic mass is 31.2. The molecule has 0 aliphatic heterocycles. The van der Waals surface area contributed by atoms with Crippen LogP contribution in [0.3, 0.4) is 0 Å². The zero-order valence-electron chi connectivity index (χ0n) is 15.0. The topological polar surface area (TPSA) is 37.3 Å². The highest BCUT2D eigenvalue weighted by Crippen LogP contribution is 2.66. The number of aromatic hydroxyl groups is 1. The van der Waals surface area contributed by atoms with Crippen molar-refractivity contribution in [3.05, 3.63) is 18.2 Å². The Bertz CT molecular complexity index is 554. The van der Waals surface area contributed by atoms with Crippen molar-refractivity contribution in [3.8, 4) is 5.75 Å². The maximum atomic E-state index is 14.0. The fraction of sp³-hybridized carbons (Fsp3) is 0.647. The van der Waals surface area contributed by atoms with Crippen molar-refractivity contribution in [2.24, 2.45) is 0 Å². The van der Waals surface area contributed by atoms with Gasteiger partial charge in [-0.25, -0.2) is 0 Å². The number of benzene rings is 1. The van der Waals surface area contributed by atoms with Crippen LogP contribution in [-0.2, 0) is 4.57 Å². The maximum Gasteiger partial charge on any atom is 0.129 e. The number of hydrogen-bond acceptors (Lipinski definition) is 2. The number of phenolic OH excluding ortho intramolecular Hbond substituents is 1. The second-order valence-corrected chi connectivity index (χ2v) is 18.3. The van der Waals surface area contributed by atoms with Gasteiger partial charge in [-0.2, -0.15) is 0 Å². The minimum Gasteiger partial charge on any atom is -0.507 e. The molecule has 120 valence electrons. The van der Waals surface area contributed by atoms with E-state index >= 15 is 0 Å². The molecule has 0 atom stereocenters. The van der Waals surface area contributed by atoms with E-state index in [1.807, 2.05) is 59.7 Å². The highest BCUT2D eigenvalue weighted by Gasteiger charge is 2.49. The molecule has 0 amide bonds. The molecule has 0 saturated heterocycles. The summed E-state index contributed by atoms with van der Waals surface area (Å²) in [7, 11) is -4.48. The van der Waals surface area contributed by atoms with E-state index in [1.54, 1.807) is 0 Å². The predicted octanol–water partition coefficient (Wildman–Crippen LogP) is 4.52. The van der Waals surface area contributed by atoms with Crippen LogP contribution in [0.5, 0.6) is 5.75 Å². The standard InChI is InChI=1S/C17H31O2PSi/c1-16(2,3)20(19,17(4,5)6)13-11-10-12-14(15(13)18)21(7,8)9/h10-12,18H,1-9H3. The molecule has 0 heterocycles. The fourth-order valence-corrected chi connectivity index (χ4v) is 8.84. The summed E-state index contributed by atoms with van der Waals surface area (Å²) < 4.78 is 14.0. The van der Waals surface area contributed by atoms with Gasteiger partial charge in [-0.05, 0) is 11.3 Å². The Kier molecular flexibility index (Phi) is 4.65. The van der Waals surface area contributed by atoms with Crippen molar-refractivity contribution >= 4 is 25.7 Å². The van der Waals surface area contributed by atoms with Crippen molar-refractivity contribution < 1.29 is 9.67 Å². The van der Waals surface area contributed by atoms with E-state index in [-0.39, 0.29) is 16.1 Å². The van der Waals surface area contributed by atoms with Crippen LogP contribution in [0.25, 0.3) is 0 Å². The Morgan fingerprint density at radius 1 is 0.952 bits per heavy atom. The van der Waals surface area contributed by atoms with Gasteiger partial charge in [0, 0.05) is 10.3 Å². The summed E-state index contributed by atoms with van der Waals surface area (Å²) in [6.07, 6.45) is 0. The SMILES string of the molecule is CC(C)(C)P(=O)(c1cccc([Si](C)(C)C)c1O)C(C)(C)C. The van der Waals surface area contributed by atoms with Crippen molar-refractivity contribution in [3.63, 3.8) is 0 Å². The summed E-state index contributed by atoms with van der Waals surface area (Å²) >= 11 is 0. The molecule has 0 radical (unpaired) electrons. The van der Waals surface area contributed by atoms with Gasteiger partial charge in [0.1, 0.15) is 12.9 Å². The van der Waals surface area contributed by atoms with E-state index in [2.05, 4.69) is 19.6 Å². The van der Waals surface area contributed by atoms with E-state index in [9.17, 15) is 9.67 Å². The first kappa shape index (κ1) is 18.5. The van der Waals surface area contributed by atoms with Crippen molar-refractivity contribution in [1.29, 1.82) is 0 Å². The molecule has 0 aromatic heterocycles. The van der Waals surface area contributed by atoms with Crippen LogP contribution in [0.1, 0.15) is 41.5 Å². The Balaban J connectivity index is 3.77. The van der Waals surface area contributed by atoms with Crippen molar-refractivity contribution in [2.45, 2.75) is 71.5 Å². The maximum absolute atomic E-state index is 14.0. The molecule has 0 bridgehead atoms. The number of phenols is 1. The fourth-order valence-electron chi connectivity index (χ4n) is 3.12. The predicted molar refractivity (Wildman–Crippen MR) is 97.8 cm³/mol. The third kappa shape index (κ3) is 3.14. The van der Waals surface area contributed by atoms with Gasteiger partial charge in [-0.3, -0.25) is 0 Å². The summed E-state index contributed by atoms with van der Waals surface area (Å²) in [6.45, 7) is 18.7. The Hall–Kier alpha value is -0.533. The van der Waals surface area contributed by atoms with Gasteiger partial charge < -0.3 is 9.67 Å². The number of rotatable bonds is 2. The van der Waals surface area contributed by atoms with E-state index in [1.165, 1.54) is 0 Å². The third-order valence-corrected chi connectivity index (χ3v) is 10.9. The first-order chi connectivity index (χ1) is 9.14. The number of hydrogen-bond donors (Lipinski definition) is 1. The zero-order valence-corrected chi connectivity index (χ0v) is 16.9. The lowest BCUT2D eigenvalue weighted by molar-refractivity contribution is 0.479. The second-order valence-electron chi connectivity index (χ2n) is 8.87. The molecule has 1 N–H and O–H groups in total. The molecule has 21 heavy (non-hydrogen) atoms. The summed E-state index contributed by atoms with van der Waals surface area (Å²) in [5.74, 6) is 0.268. The van der Waals surface area contributed by atoms with Crippen LogP contribution in [0.15, 0.2) is 18.2 Å². The quantitative estimate of drug-likeness (QED) is 0.641. The zero-order chi connectivity index (χ0) is 16.9. The molecular formula is C17H31O2PSi. The minimum atomic E-state index is -2.80. The van der Waals surface area contributed by atoms with Crippen LogP contribution in [0.2, 0.25) is 19.6 Å². The van der Waals surface area contributed by atoms with Crippen molar-refractivity contribution in [1.82, 2.24) is 0 Å². The lowest BCUT2D eigenvalue weighted by Crippen LogP contribution is -2.42.